The Balaban J connectivity index is 3.34. The van der Waals surface area contributed by atoms with Crippen molar-refractivity contribution in [3.05, 3.63) is 0 Å². The van der Waals surface area contributed by atoms with Crippen LogP contribution in [0.4, 0.5) is 0 Å². The molecule has 0 saturated heterocycles. The molecule has 0 aromatic heterocycles. The van der Waals surface area contributed by atoms with Gasteiger partial charge in [-0.1, -0.05) is 41.5 Å². The smallest absolute Gasteiger partial charge is 0.309 e. The third-order valence-corrected chi connectivity index (χ3v) is 5.65. The van der Waals surface area contributed by atoms with Crippen LogP contribution in [-0.2, 0) is 52.2 Å². The molecule has 0 amide bonds. The third-order valence-electron chi connectivity index (χ3n) is 5.65. The first kappa shape index (κ1) is 40.1. The van der Waals surface area contributed by atoms with Crippen molar-refractivity contribution in [2.24, 2.45) is 16.7 Å². The number of hydrogen-bond donors (Lipinski definition) is 0. The van der Waals surface area contributed by atoms with Gasteiger partial charge in [-0.15, -0.1) is 0 Å². The quantitative estimate of drug-likeness (QED) is 0.0936. The minimum absolute atomic E-state index is 0.0604. The Kier molecular flexibility index (Phi) is 26.1. The summed E-state index contributed by atoms with van der Waals surface area (Å²) in [5.41, 5.74) is -0.0831. The highest BCUT2D eigenvalue weighted by atomic mass is 16.6. The van der Waals surface area contributed by atoms with E-state index in [-0.39, 0.29) is 29.3 Å². The number of ether oxygens (including phenoxy) is 10. The fourth-order valence-electron chi connectivity index (χ4n) is 3.44. The van der Waals surface area contributed by atoms with Crippen LogP contribution in [-0.4, -0.2) is 132 Å². The van der Waals surface area contributed by atoms with Crippen LogP contribution in [0.15, 0.2) is 0 Å². The Morgan fingerprint density at radius 2 is 0.732 bits per heavy atom. The maximum atomic E-state index is 12.6. The summed E-state index contributed by atoms with van der Waals surface area (Å²) in [6.45, 7) is 21.5. The van der Waals surface area contributed by atoms with Gasteiger partial charge in [0.25, 0.3) is 0 Å². The van der Waals surface area contributed by atoms with Gasteiger partial charge in [0.1, 0.15) is 6.61 Å². The van der Waals surface area contributed by atoms with Gasteiger partial charge < -0.3 is 47.4 Å². The molecule has 0 aliphatic rings. The van der Waals surface area contributed by atoms with E-state index in [1.165, 1.54) is 0 Å². The molecule has 246 valence electrons. The molecule has 0 saturated carbocycles. The molecule has 0 N–H and O–H groups in total. The van der Waals surface area contributed by atoms with Crippen molar-refractivity contribution < 1.29 is 52.2 Å². The Labute approximate surface area is 249 Å². The average molecular weight is 597 g/mol. The molecule has 0 aromatic rings. The lowest BCUT2D eigenvalue weighted by Crippen LogP contribution is -2.34. The molecule has 0 radical (unpaired) electrons. The largest absolute Gasteiger partial charge is 0.463 e. The Bertz CT molecular complexity index is 576. The summed E-state index contributed by atoms with van der Waals surface area (Å²) in [4.78, 5) is 12.6. The van der Waals surface area contributed by atoms with Crippen molar-refractivity contribution in [3.8, 4) is 0 Å². The summed E-state index contributed by atoms with van der Waals surface area (Å²) in [6, 6.07) is 0. The topological polar surface area (TPSA) is 109 Å². The summed E-state index contributed by atoms with van der Waals surface area (Å²) >= 11 is 0. The molecule has 0 heterocycles. The summed E-state index contributed by atoms with van der Waals surface area (Å²) in [5.74, 6) is -0.296. The molecule has 1 atom stereocenters. The minimum Gasteiger partial charge on any atom is -0.463 e. The highest BCUT2D eigenvalue weighted by Gasteiger charge is 2.35. The van der Waals surface area contributed by atoms with Crippen LogP contribution in [0, 0.1) is 16.7 Å². The predicted octanol–water partition coefficient (Wildman–Crippen LogP) is 3.41. The Hall–Kier alpha value is -0.890. The summed E-state index contributed by atoms with van der Waals surface area (Å²) < 4.78 is 53.9. The van der Waals surface area contributed by atoms with Crippen LogP contribution in [0.1, 0.15) is 48.0 Å². The van der Waals surface area contributed by atoms with Crippen molar-refractivity contribution >= 4 is 5.97 Å². The van der Waals surface area contributed by atoms with Gasteiger partial charge in [-0.2, -0.15) is 0 Å². The van der Waals surface area contributed by atoms with Crippen molar-refractivity contribution in [3.63, 3.8) is 0 Å². The fourth-order valence-corrected chi connectivity index (χ4v) is 3.44. The van der Waals surface area contributed by atoms with Gasteiger partial charge in [0.2, 0.25) is 0 Å². The van der Waals surface area contributed by atoms with E-state index in [1.807, 2.05) is 0 Å². The number of esters is 1. The van der Waals surface area contributed by atoms with E-state index in [9.17, 15) is 4.79 Å². The fraction of sp³-hybridized carbons (Fsp3) is 0.967. The second-order valence-electron chi connectivity index (χ2n) is 11.7. The normalized spacial score (nSPS) is 13.0. The van der Waals surface area contributed by atoms with E-state index in [4.69, 9.17) is 47.4 Å². The molecule has 11 heteroatoms. The maximum absolute atomic E-state index is 12.6. The van der Waals surface area contributed by atoms with Crippen LogP contribution in [0.5, 0.6) is 0 Å². The van der Waals surface area contributed by atoms with Gasteiger partial charge in [-0.05, 0) is 17.3 Å². The zero-order valence-electron chi connectivity index (χ0n) is 27.0. The molecule has 11 nitrogen and oxygen atoms in total. The lowest BCUT2D eigenvalue weighted by atomic mass is 9.72. The SMILES string of the molecule is COCCOCCOCCOCCOCCOCCOCCOCCOCCOC(=O)C(CC(C)(C)C)C(C)(C)C. The molecule has 0 aromatic carbocycles. The number of hydrogen-bond acceptors (Lipinski definition) is 11. The molecule has 0 bridgehead atoms. The van der Waals surface area contributed by atoms with E-state index < -0.39 is 0 Å². The van der Waals surface area contributed by atoms with Crippen LogP contribution in [0.25, 0.3) is 0 Å². The molecule has 0 rings (SSSR count). The van der Waals surface area contributed by atoms with E-state index in [0.717, 1.165) is 6.42 Å². The predicted molar refractivity (Wildman–Crippen MR) is 156 cm³/mol. The van der Waals surface area contributed by atoms with Gasteiger partial charge in [0, 0.05) is 7.11 Å². The molecular weight excluding hydrogens is 536 g/mol. The second-order valence-corrected chi connectivity index (χ2v) is 11.7. The van der Waals surface area contributed by atoms with Crippen molar-refractivity contribution in [1.82, 2.24) is 0 Å². The van der Waals surface area contributed by atoms with Crippen molar-refractivity contribution in [2.45, 2.75) is 48.0 Å². The summed E-state index contributed by atoms with van der Waals surface area (Å²) in [5, 5.41) is 0. The number of methoxy groups -OCH3 is 1. The molecule has 41 heavy (non-hydrogen) atoms. The van der Waals surface area contributed by atoms with E-state index in [1.54, 1.807) is 7.11 Å². The first-order valence-electron chi connectivity index (χ1n) is 14.9. The first-order valence-corrected chi connectivity index (χ1v) is 14.9. The highest BCUT2D eigenvalue weighted by molar-refractivity contribution is 5.73. The monoisotopic (exact) mass is 596 g/mol. The van der Waals surface area contributed by atoms with E-state index in [0.29, 0.717) is 112 Å². The Morgan fingerprint density at radius 1 is 0.463 bits per heavy atom. The van der Waals surface area contributed by atoms with Crippen LogP contribution in [0.2, 0.25) is 0 Å². The third kappa shape index (κ3) is 29.0. The molecular formula is C30H60O11. The van der Waals surface area contributed by atoms with E-state index in [2.05, 4.69) is 41.5 Å². The van der Waals surface area contributed by atoms with Gasteiger partial charge in [-0.3, -0.25) is 4.79 Å². The number of carbonyl (C=O) groups is 1. The standard InChI is InChI=1S/C30H60O11/c1-29(2,3)26-27(30(4,5)6)28(31)41-25-24-40-23-22-39-21-20-38-19-18-37-17-16-36-15-14-35-13-12-34-11-10-33-9-8-32-7/h27H,8-26H2,1-7H3. The lowest BCUT2D eigenvalue weighted by Gasteiger charge is -2.33. The van der Waals surface area contributed by atoms with Gasteiger partial charge in [0.15, 0.2) is 0 Å². The minimum atomic E-state index is -0.153. The molecule has 1 unspecified atom stereocenters. The molecule has 0 spiro atoms. The maximum Gasteiger partial charge on any atom is 0.309 e. The van der Waals surface area contributed by atoms with Crippen LogP contribution < -0.4 is 0 Å². The van der Waals surface area contributed by atoms with Gasteiger partial charge in [0.05, 0.1) is 118 Å². The lowest BCUT2D eigenvalue weighted by molar-refractivity contribution is -0.155. The second kappa shape index (κ2) is 26.7. The van der Waals surface area contributed by atoms with E-state index >= 15 is 0 Å². The zero-order chi connectivity index (χ0) is 30.7. The van der Waals surface area contributed by atoms with Gasteiger partial charge in [-0.25, -0.2) is 0 Å². The highest BCUT2D eigenvalue weighted by Crippen LogP contribution is 2.36. The summed E-state index contributed by atoms with van der Waals surface area (Å²) in [7, 11) is 1.64. The first-order chi connectivity index (χ1) is 19.6. The number of rotatable bonds is 29. The van der Waals surface area contributed by atoms with Gasteiger partial charge >= 0.3 is 5.97 Å². The van der Waals surface area contributed by atoms with Crippen molar-refractivity contribution in [1.29, 1.82) is 0 Å². The Morgan fingerprint density at radius 3 is 0.976 bits per heavy atom. The van der Waals surface area contributed by atoms with Crippen LogP contribution >= 0.6 is 0 Å². The van der Waals surface area contributed by atoms with Crippen LogP contribution in [0.3, 0.4) is 0 Å². The molecule has 0 aliphatic carbocycles. The summed E-state index contributed by atoms with van der Waals surface area (Å²) in [6.07, 6.45) is 0.786. The average Bonchev–Trinajstić information content (AvgIpc) is 2.90. The van der Waals surface area contributed by atoms with Crippen molar-refractivity contribution in [2.75, 3.05) is 126 Å². The molecule has 0 aliphatic heterocycles. The zero-order valence-corrected chi connectivity index (χ0v) is 27.0. The number of carbonyl (C=O) groups excluding carboxylic acids is 1. The molecule has 0 fully saturated rings.